The van der Waals surface area contributed by atoms with E-state index in [4.69, 9.17) is 9.47 Å². The van der Waals surface area contributed by atoms with Gasteiger partial charge >= 0.3 is 6.03 Å². The van der Waals surface area contributed by atoms with Gasteiger partial charge in [-0.15, -0.1) is 0 Å². The van der Waals surface area contributed by atoms with E-state index in [-0.39, 0.29) is 11.6 Å². The molecule has 2 fully saturated rings. The van der Waals surface area contributed by atoms with Gasteiger partial charge in [0.1, 0.15) is 0 Å². The highest BCUT2D eigenvalue weighted by Crippen LogP contribution is 2.42. The summed E-state index contributed by atoms with van der Waals surface area (Å²) in [6, 6.07) is 5.79. The second kappa shape index (κ2) is 7.38. The minimum absolute atomic E-state index is 0.0728. The lowest BCUT2D eigenvalue weighted by molar-refractivity contribution is -0.0644. The molecular formula is C18H27N3O3. The van der Waals surface area contributed by atoms with Gasteiger partial charge in [0.05, 0.1) is 12.2 Å². The van der Waals surface area contributed by atoms with Crippen LogP contribution in [0.4, 0.5) is 4.79 Å². The van der Waals surface area contributed by atoms with E-state index in [2.05, 4.69) is 4.98 Å². The second-order valence-corrected chi connectivity index (χ2v) is 6.87. The number of piperidine rings is 1. The Labute approximate surface area is 143 Å². The van der Waals surface area contributed by atoms with Gasteiger partial charge in [0, 0.05) is 46.1 Å². The second-order valence-electron chi connectivity index (χ2n) is 6.87. The average molecular weight is 333 g/mol. The highest BCUT2D eigenvalue weighted by molar-refractivity contribution is 5.73. The van der Waals surface area contributed by atoms with Crippen LogP contribution in [0.2, 0.25) is 0 Å². The number of pyridine rings is 1. The predicted molar refractivity (Wildman–Crippen MR) is 91.0 cm³/mol. The van der Waals surface area contributed by atoms with E-state index in [1.165, 1.54) is 0 Å². The van der Waals surface area contributed by atoms with Crippen LogP contribution < -0.4 is 4.74 Å². The van der Waals surface area contributed by atoms with E-state index in [1.807, 2.05) is 23.1 Å². The molecule has 1 spiro atoms. The van der Waals surface area contributed by atoms with Gasteiger partial charge in [-0.3, -0.25) is 0 Å². The van der Waals surface area contributed by atoms with Gasteiger partial charge in [0.15, 0.2) is 0 Å². The van der Waals surface area contributed by atoms with E-state index < -0.39 is 0 Å². The van der Waals surface area contributed by atoms with E-state index in [9.17, 15) is 4.79 Å². The molecule has 2 aliphatic rings. The highest BCUT2D eigenvalue weighted by Gasteiger charge is 2.46. The number of ether oxygens (including phenoxy) is 2. The minimum atomic E-state index is -0.0728. The number of nitrogens with zero attached hydrogens (tertiary/aromatic N) is 3. The molecule has 132 valence electrons. The molecule has 0 unspecified atom stereocenters. The standard InChI is InChI=1S/C18H27N3O3/c1-20(2)17(22)21-11-8-18(9-12-21)15(7-14-24-18)6-13-23-16-5-3-4-10-19-16/h3-5,10,15H,6-9,11-14H2,1-2H3/t15-/m1/s1. The highest BCUT2D eigenvalue weighted by atomic mass is 16.5. The van der Waals surface area contributed by atoms with E-state index in [0.29, 0.717) is 18.4 Å². The van der Waals surface area contributed by atoms with Crippen molar-refractivity contribution < 1.29 is 14.3 Å². The third kappa shape index (κ3) is 3.64. The molecule has 3 rings (SSSR count). The van der Waals surface area contributed by atoms with Crippen LogP contribution in [0.1, 0.15) is 25.7 Å². The molecule has 3 heterocycles. The number of likely N-dealkylation sites (tertiary alicyclic amines) is 1. The van der Waals surface area contributed by atoms with Gasteiger partial charge in [-0.25, -0.2) is 9.78 Å². The summed E-state index contributed by atoms with van der Waals surface area (Å²) in [7, 11) is 3.60. The Hall–Kier alpha value is -1.82. The maximum absolute atomic E-state index is 12.1. The predicted octanol–water partition coefficient (Wildman–Crippen LogP) is 2.40. The van der Waals surface area contributed by atoms with Crippen LogP contribution in [0.5, 0.6) is 5.88 Å². The van der Waals surface area contributed by atoms with Gasteiger partial charge in [0.25, 0.3) is 0 Å². The fourth-order valence-corrected chi connectivity index (χ4v) is 3.84. The van der Waals surface area contributed by atoms with Gasteiger partial charge in [-0.2, -0.15) is 0 Å². The van der Waals surface area contributed by atoms with Gasteiger partial charge in [-0.1, -0.05) is 6.07 Å². The van der Waals surface area contributed by atoms with Crippen molar-refractivity contribution in [3.8, 4) is 5.88 Å². The summed E-state index contributed by atoms with van der Waals surface area (Å²) in [6.45, 7) is 3.02. The Morgan fingerprint density at radius 3 is 2.88 bits per heavy atom. The van der Waals surface area contributed by atoms with E-state index in [1.54, 1.807) is 25.2 Å². The lowest BCUT2D eigenvalue weighted by Crippen LogP contribution is -2.51. The summed E-state index contributed by atoms with van der Waals surface area (Å²) >= 11 is 0. The van der Waals surface area contributed by atoms with Crippen LogP contribution in [0.15, 0.2) is 24.4 Å². The molecule has 1 aromatic heterocycles. The molecule has 1 aromatic rings. The van der Waals surface area contributed by atoms with Crippen LogP contribution in [-0.4, -0.2) is 66.8 Å². The summed E-state index contributed by atoms with van der Waals surface area (Å²) in [5.41, 5.74) is -0.0728. The SMILES string of the molecule is CN(C)C(=O)N1CCC2(CC1)OCC[C@H]2CCOc1ccccn1. The number of hydrogen-bond acceptors (Lipinski definition) is 4. The smallest absolute Gasteiger partial charge is 0.319 e. The normalized spacial score (nSPS) is 22.6. The molecule has 2 aliphatic heterocycles. The third-order valence-electron chi connectivity index (χ3n) is 5.22. The van der Waals surface area contributed by atoms with Crippen LogP contribution in [-0.2, 0) is 4.74 Å². The Balaban J connectivity index is 1.51. The number of aromatic nitrogens is 1. The molecule has 6 nitrogen and oxygen atoms in total. The number of carbonyl (C=O) groups excluding carboxylic acids is 1. The number of amides is 2. The van der Waals surface area contributed by atoms with E-state index >= 15 is 0 Å². The van der Waals surface area contributed by atoms with Crippen LogP contribution in [0, 0.1) is 5.92 Å². The van der Waals surface area contributed by atoms with E-state index in [0.717, 1.165) is 45.4 Å². The van der Waals surface area contributed by atoms with Crippen molar-refractivity contribution in [2.75, 3.05) is 40.4 Å². The molecular weight excluding hydrogens is 306 g/mol. The molecule has 0 aromatic carbocycles. The molecule has 0 bridgehead atoms. The summed E-state index contributed by atoms with van der Waals surface area (Å²) in [4.78, 5) is 19.9. The lowest BCUT2D eigenvalue weighted by Gasteiger charge is -2.42. The maximum atomic E-state index is 12.1. The van der Waals surface area contributed by atoms with Gasteiger partial charge in [0.2, 0.25) is 5.88 Å². The Morgan fingerprint density at radius 1 is 1.42 bits per heavy atom. The third-order valence-corrected chi connectivity index (χ3v) is 5.22. The number of carbonyl (C=O) groups is 1. The molecule has 2 amide bonds. The first-order valence-electron chi connectivity index (χ1n) is 8.75. The fraction of sp³-hybridized carbons (Fsp3) is 0.667. The first-order valence-corrected chi connectivity index (χ1v) is 8.75. The zero-order chi connectivity index (χ0) is 17.0. The maximum Gasteiger partial charge on any atom is 0.319 e. The van der Waals surface area contributed by atoms with Crippen molar-refractivity contribution in [1.82, 2.24) is 14.8 Å². The molecule has 2 saturated heterocycles. The van der Waals surface area contributed by atoms with Crippen molar-refractivity contribution in [2.45, 2.75) is 31.3 Å². The number of urea groups is 1. The van der Waals surface area contributed by atoms with Crippen LogP contribution >= 0.6 is 0 Å². The molecule has 0 N–H and O–H groups in total. The number of rotatable bonds is 4. The molecule has 6 heteroatoms. The quantitative estimate of drug-likeness (QED) is 0.849. The Morgan fingerprint density at radius 2 is 2.21 bits per heavy atom. The van der Waals surface area contributed by atoms with Gasteiger partial charge < -0.3 is 19.3 Å². The van der Waals surface area contributed by atoms with Crippen molar-refractivity contribution in [3.05, 3.63) is 24.4 Å². The van der Waals surface area contributed by atoms with Gasteiger partial charge in [-0.05, 0) is 37.7 Å². The van der Waals surface area contributed by atoms with Crippen molar-refractivity contribution >= 4 is 6.03 Å². The molecule has 0 aliphatic carbocycles. The average Bonchev–Trinajstić information content (AvgIpc) is 2.98. The first-order chi connectivity index (χ1) is 11.6. The molecule has 0 saturated carbocycles. The van der Waals surface area contributed by atoms with Crippen LogP contribution in [0.3, 0.4) is 0 Å². The zero-order valence-electron chi connectivity index (χ0n) is 14.6. The molecule has 0 radical (unpaired) electrons. The first kappa shape index (κ1) is 17.0. The Bertz CT molecular complexity index is 542. The summed E-state index contributed by atoms with van der Waals surface area (Å²) < 4.78 is 11.9. The Kier molecular flexibility index (Phi) is 5.23. The minimum Gasteiger partial charge on any atom is -0.478 e. The topological polar surface area (TPSA) is 54.9 Å². The largest absolute Gasteiger partial charge is 0.478 e. The van der Waals surface area contributed by atoms with Crippen molar-refractivity contribution in [1.29, 1.82) is 0 Å². The van der Waals surface area contributed by atoms with Crippen LogP contribution in [0.25, 0.3) is 0 Å². The zero-order valence-corrected chi connectivity index (χ0v) is 14.6. The number of hydrogen-bond donors (Lipinski definition) is 0. The summed E-state index contributed by atoms with van der Waals surface area (Å²) in [5, 5.41) is 0. The van der Waals surface area contributed by atoms with Crippen molar-refractivity contribution in [2.24, 2.45) is 5.92 Å². The molecule has 24 heavy (non-hydrogen) atoms. The monoisotopic (exact) mass is 333 g/mol. The van der Waals surface area contributed by atoms with Crippen molar-refractivity contribution in [3.63, 3.8) is 0 Å². The summed E-state index contributed by atoms with van der Waals surface area (Å²) in [5.74, 6) is 1.18. The summed E-state index contributed by atoms with van der Waals surface area (Å²) in [6.07, 6.45) is 5.63. The molecule has 1 atom stereocenters. The fourth-order valence-electron chi connectivity index (χ4n) is 3.84. The lowest BCUT2D eigenvalue weighted by atomic mass is 9.78.